The van der Waals surface area contributed by atoms with Crippen molar-refractivity contribution in [1.29, 1.82) is 0 Å². The molecule has 0 aliphatic heterocycles. The van der Waals surface area contributed by atoms with Gasteiger partial charge in [-0.1, -0.05) is 42.5 Å². The molecule has 0 saturated carbocycles. The summed E-state index contributed by atoms with van der Waals surface area (Å²) < 4.78 is 0. The van der Waals surface area contributed by atoms with Gasteiger partial charge in [-0.15, -0.1) is 6.58 Å². The van der Waals surface area contributed by atoms with Gasteiger partial charge >= 0.3 is 0 Å². The predicted molar refractivity (Wildman–Crippen MR) is 52.5 cm³/mol. The van der Waals surface area contributed by atoms with E-state index in [0.717, 1.165) is 12.8 Å². The smallest absolute Gasteiger partial charge is 0.0166 e. The number of rotatable bonds is 5. The lowest BCUT2D eigenvalue weighted by Crippen LogP contribution is -1.58. The molecule has 0 heteroatoms. The summed E-state index contributed by atoms with van der Waals surface area (Å²) in [7, 11) is 0. The van der Waals surface area contributed by atoms with Crippen molar-refractivity contribution >= 4 is 0 Å². The Morgan fingerprint density at radius 2 is 1.73 bits per heavy atom. The molecule has 60 valence electrons. The Morgan fingerprint density at radius 3 is 2.36 bits per heavy atom. The summed E-state index contributed by atoms with van der Waals surface area (Å²) in [6, 6.07) is 0. The summed E-state index contributed by atoms with van der Waals surface area (Å²) in [4.78, 5) is 0. The van der Waals surface area contributed by atoms with Crippen LogP contribution in [0.3, 0.4) is 0 Å². The van der Waals surface area contributed by atoms with Gasteiger partial charge in [0.2, 0.25) is 0 Å². The van der Waals surface area contributed by atoms with E-state index >= 15 is 0 Å². The molecule has 0 aromatic heterocycles. The van der Waals surface area contributed by atoms with E-state index in [9.17, 15) is 0 Å². The van der Waals surface area contributed by atoms with Crippen molar-refractivity contribution in [1.82, 2.24) is 0 Å². The van der Waals surface area contributed by atoms with E-state index < -0.39 is 0 Å². The van der Waals surface area contributed by atoms with E-state index in [4.69, 9.17) is 0 Å². The molecular formula is C11H16. The van der Waals surface area contributed by atoms with Crippen LogP contribution in [0.25, 0.3) is 0 Å². The Kier molecular flexibility index (Phi) is 8.11. The lowest BCUT2D eigenvalue weighted by molar-refractivity contribution is 1.32. The largest absolute Gasteiger partial charge is 0.103 e. The zero-order chi connectivity index (χ0) is 8.36. The average Bonchev–Trinajstić information content (AvgIpc) is 2.03. The van der Waals surface area contributed by atoms with Crippen LogP contribution in [0.15, 0.2) is 49.1 Å². The van der Waals surface area contributed by atoms with Gasteiger partial charge in [-0.25, -0.2) is 0 Å². The minimum absolute atomic E-state index is 0.970. The molecule has 0 saturated heterocycles. The fraction of sp³-hybridized carbons (Fsp3) is 0.273. The highest BCUT2D eigenvalue weighted by atomic mass is 13.8. The lowest BCUT2D eigenvalue weighted by Gasteiger charge is -1.79. The van der Waals surface area contributed by atoms with Crippen molar-refractivity contribution in [2.45, 2.75) is 19.8 Å². The maximum Gasteiger partial charge on any atom is -0.0166 e. The average molecular weight is 148 g/mol. The first kappa shape index (κ1) is 9.96. The molecule has 0 amide bonds. The molecular weight excluding hydrogens is 132 g/mol. The Bertz CT molecular complexity index is 159. The summed E-state index contributed by atoms with van der Waals surface area (Å²) in [5, 5.41) is 0. The first-order chi connectivity index (χ1) is 5.41. The highest BCUT2D eigenvalue weighted by Crippen LogP contribution is 1.89. The van der Waals surface area contributed by atoms with E-state index in [-0.39, 0.29) is 0 Å². The van der Waals surface area contributed by atoms with Crippen LogP contribution in [-0.2, 0) is 0 Å². The monoisotopic (exact) mass is 148 g/mol. The SMILES string of the molecule is C=CCC=CCC=CC=CC. The molecule has 0 nitrogen and oxygen atoms in total. The fourth-order valence-corrected chi connectivity index (χ4v) is 0.635. The Morgan fingerprint density at radius 1 is 1.00 bits per heavy atom. The quantitative estimate of drug-likeness (QED) is 0.412. The summed E-state index contributed by atoms with van der Waals surface area (Å²) in [5.41, 5.74) is 0. The van der Waals surface area contributed by atoms with Crippen LogP contribution in [0.1, 0.15) is 19.8 Å². The van der Waals surface area contributed by atoms with Gasteiger partial charge in [0, 0.05) is 0 Å². The van der Waals surface area contributed by atoms with Gasteiger partial charge < -0.3 is 0 Å². The highest BCUT2D eigenvalue weighted by Gasteiger charge is 1.68. The maximum absolute atomic E-state index is 3.63. The molecule has 0 aromatic carbocycles. The van der Waals surface area contributed by atoms with Crippen molar-refractivity contribution in [2.75, 3.05) is 0 Å². The van der Waals surface area contributed by atoms with Crippen molar-refractivity contribution in [3.63, 3.8) is 0 Å². The minimum Gasteiger partial charge on any atom is -0.103 e. The standard InChI is InChI=1S/C11H16/c1-3-5-7-9-11-10-8-6-4-2/h3-4,6-10H,1,5,11H2,2H3. The van der Waals surface area contributed by atoms with Gasteiger partial charge in [-0.05, 0) is 19.8 Å². The number of allylic oxidation sites excluding steroid dienone is 7. The van der Waals surface area contributed by atoms with Crippen LogP contribution < -0.4 is 0 Å². The second-order valence-electron chi connectivity index (χ2n) is 2.19. The van der Waals surface area contributed by atoms with Gasteiger partial charge in [-0.3, -0.25) is 0 Å². The van der Waals surface area contributed by atoms with Crippen LogP contribution in [0, 0.1) is 0 Å². The second-order valence-corrected chi connectivity index (χ2v) is 2.19. The van der Waals surface area contributed by atoms with Crippen LogP contribution >= 0.6 is 0 Å². The predicted octanol–water partition coefficient (Wildman–Crippen LogP) is 3.64. The van der Waals surface area contributed by atoms with Crippen LogP contribution in [0.5, 0.6) is 0 Å². The number of hydrogen-bond acceptors (Lipinski definition) is 0. The van der Waals surface area contributed by atoms with Gasteiger partial charge in [0.15, 0.2) is 0 Å². The van der Waals surface area contributed by atoms with E-state index in [1.807, 2.05) is 25.2 Å². The number of hydrogen-bond donors (Lipinski definition) is 0. The van der Waals surface area contributed by atoms with E-state index in [1.54, 1.807) is 0 Å². The highest BCUT2D eigenvalue weighted by molar-refractivity contribution is 5.04. The fourth-order valence-electron chi connectivity index (χ4n) is 0.635. The Labute approximate surface area is 69.6 Å². The first-order valence-electron chi connectivity index (χ1n) is 3.95. The molecule has 0 radical (unpaired) electrons. The third-order valence-electron chi connectivity index (χ3n) is 1.18. The molecule has 0 N–H and O–H groups in total. The molecule has 0 aromatic rings. The summed E-state index contributed by atoms with van der Waals surface area (Å²) in [6.45, 7) is 5.64. The molecule has 0 spiro atoms. The molecule has 0 bridgehead atoms. The van der Waals surface area contributed by atoms with Crippen LogP contribution in [-0.4, -0.2) is 0 Å². The van der Waals surface area contributed by atoms with Crippen molar-refractivity contribution in [3.05, 3.63) is 49.1 Å². The van der Waals surface area contributed by atoms with Crippen LogP contribution in [0.4, 0.5) is 0 Å². The summed E-state index contributed by atoms with van der Waals surface area (Å²) in [5.74, 6) is 0. The van der Waals surface area contributed by atoms with Gasteiger partial charge in [0.1, 0.15) is 0 Å². The topological polar surface area (TPSA) is 0 Å². The molecule has 0 rings (SSSR count). The Balaban J connectivity index is 3.32. The van der Waals surface area contributed by atoms with E-state index in [1.165, 1.54) is 0 Å². The summed E-state index contributed by atoms with van der Waals surface area (Å²) in [6.07, 6.45) is 16.4. The van der Waals surface area contributed by atoms with Crippen molar-refractivity contribution in [3.8, 4) is 0 Å². The molecule has 0 atom stereocenters. The zero-order valence-corrected chi connectivity index (χ0v) is 7.16. The van der Waals surface area contributed by atoms with Crippen molar-refractivity contribution < 1.29 is 0 Å². The van der Waals surface area contributed by atoms with Crippen molar-refractivity contribution in [2.24, 2.45) is 0 Å². The first-order valence-corrected chi connectivity index (χ1v) is 3.95. The second kappa shape index (κ2) is 8.96. The van der Waals surface area contributed by atoms with Gasteiger partial charge in [0.25, 0.3) is 0 Å². The van der Waals surface area contributed by atoms with E-state index in [2.05, 4.69) is 30.9 Å². The third kappa shape index (κ3) is 8.96. The lowest BCUT2D eigenvalue weighted by atomic mass is 10.3. The molecule has 0 aliphatic carbocycles. The Hall–Kier alpha value is -1.04. The van der Waals surface area contributed by atoms with E-state index in [0.29, 0.717) is 0 Å². The minimum atomic E-state index is 0.970. The third-order valence-corrected chi connectivity index (χ3v) is 1.18. The molecule has 11 heavy (non-hydrogen) atoms. The zero-order valence-electron chi connectivity index (χ0n) is 7.16. The molecule has 0 heterocycles. The molecule has 0 aliphatic rings. The van der Waals surface area contributed by atoms with Gasteiger partial charge in [0.05, 0.1) is 0 Å². The molecule has 0 fully saturated rings. The van der Waals surface area contributed by atoms with Crippen LogP contribution in [0.2, 0.25) is 0 Å². The van der Waals surface area contributed by atoms with Gasteiger partial charge in [-0.2, -0.15) is 0 Å². The maximum atomic E-state index is 3.63. The molecule has 0 unspecified atom stereocenters. The summed E-state index contributed by atoms with van der Waals surface area (Å²) >= 11 is 0. The normalized spacial score (nSPS) is 12.1.